The number of nitrogens with one attached hydrogen (secondary N) is 1. The molecule has 0 fully saturated rings. The minimum absolute atomic E-state index is 0.149. The Bertz CT molecular complexity index is 907. The molecule has 1 aromatic heterocycles. The molecule has 0 aliphatic carbocycles. The summed E-state index contributed by atoms with van der Waals surface area (Å²) in [7, 11) is 0. The molecule has 0 radical (unpaired) electrons. The highest BCUT2D eigenvalue weighted by atomic mass is 35.5. The van der Waals surface area contributed by atoms with Crippen molar-refractivity contribution in [2.24, 2.45) is 0 Å². The second-order valence-electron chi connectivity index (χ2n) is 5.40. The van der Waals surface area contributed by atoms with Gasteiger partial charge in [0.15, 0.2) is 5.82 Å². The first-order valence-corrected chi connectivity index (χ1v) is 8.34. The molecular weight excluding hydrogens is 338 g/mol. The van der Waals surface area contributed by atoms with E-state index in [0.717, 1.165) is 17.0 Å². The maximum absolute atomic E-state index is 12.2. The van der Waals surface area contributed by atoms with Crippen LogP contribution >= 0.6 is 11.6 Å². The van der Waals surface area contributed by atoms with Gasteiger partial charge in [-0.25, -0.2) is 4.98 Å². The second-order valence-corrected chi connectivity index (χ2v) is 5.80. The molecule has 2 aromatic carbocycles. The molecule has 0 bridgehead atoms. The van der Waals surface area contributed by atoms with E-state index in [0.29, 0.717) is 24.0 Å². The number of rotatable bonds is 6. The third-order valence-electron chi connectivity index (χ3n) is 3.72. The van der Waals surface area contributed by atoms with E-state index in [-0.39, 0.29) is 5.56 Å². The molecule has 3 rings (SSSR count). The van der Waals surface area contributed by atoms with Crippen molar-refractivity contribution < 1.29 is 4.74 Å². The number of anilines is 2. The molecule has 1 heterocycles. The van der Waals surface area contributed by atoms with Gasteiger partial charge in [-0.3, -0.25) is 4.79 Å². The topological polar surface area (TPSA) is 56.1 Å². The van der Waals surface area contributed by atoms with Gasteiger partial charge >= 0.3 is 0 Å². The maximum atomic E-state index is 12.2. The van der Waals surface area contributed by atoms with E-state index >= 15 is 0 Å². The Kier molecular flexibility index (Phi) is 5.36. The molecule has 0 saturated heterocycles. The predicted molar refractivity (Wildman–Crippen MR) is 99.7 cm³/mol. The Morgan fingerprint density at radius 2 is 1.92 bits per heavy atom. The molecule has 0 saturated carbocycles. The van der Waals surface area contributed by atoms with Gasteiger partial charge in [0.05, 0.1) is 0 Å². The number of hydrogen-bond acceptors (Lipinski definition) is 4. The van der Waals surface area contributed by atoms with E-state index < -0.39 is 0 Å². The van der Waals surface area contributed by atoms with Crippen LogP contribution in [0.1, 0.15) is 12.5 Å². The fourth-order valence-electron chi connectivity index (χ4n) is 2.33. The lowest BCUT2D eigenvalue weighted by Crippen LogP contribution is -2.22. The van der Waals surface area contributed by atoms with Gasteiger partial charge < -0.3 is 14.6 Å². The lowest BCUT2D eigenvalue weighted by atomic mass is 10.2. The van der Waals surface area contributed by atoms with Crippen LogP contribution in [-0.4, -0.2) is 9.55 Å². The standard InChI is InChI=1S/C19H18ClN3O2/c1-2-23-12-11-21-18(19(23)24)22-15-7-9-16(10-8-15)25-13-14-5-3-4-6-17(14)20/h3-12H,2,13H2,1H3,(H,21,22). The summed E-state index contributed by atoms with van der Waals surface area (Å²) in [5.41, 5.74) is 1.55. The number of nitrogens with zero attached hydrogens (tertiary/aromatic N) is 2. The minimum Gasteiger partial charge on any atom is -0.489 e. The van der Waals surface area contributed by atoms with E-state index in [1.807, 2.05) is 55.5 Å². The zero-order valence-corrected chi connectivity index (χ0v) is 14.5. The summed E-state index contributed by atoms with van der Waals surface area (Å²) in [6, 6.07) is 14.9. The largest absolute Gasteiger partial charge is 0.489 e. The molecule has 25 heavy (non-hydrogen) atoms. The van der Waals surface area contributed by atoms with Crippen LogP contribution < -0.4 is 15.6 Å². The van der Waals surface area contributed by atoms with Crippen LogP contribution in [0.15, 0.2) is 65.7 Å². The van der Waals surface area contributed by atoms with Gasteiger partial charge in [-0.05, 0) is 37.3 Å². The Hall–Kier alpha value is -2.79. The summed E-state index contributed by atoms with van der Waals surface area (Å²) >= 11 is 6.12. The number of aromatic nitrogens is 2. The van der Waals surface area contributed by atoms with Crippen molar-refractivity contribution in [2.45, 2.75) is 20.1 Å². The molecule has 0 amide bonds. The van der Waals surface area contributed by atoms with E-state index in [2.05, 4.69) is 10.3 Å². The molecule has 0 unspecified atom stereocenters. The van der Waals surface area contributed by atoms with E-state index in [1.54, 1.807) is 17.0 Å². The lowest BCUT2D eigenvalue weighted by Gasteiger charge is -2.10. The maximum Gasteiger partial charge on any atom is 0.293 e. The minimum atomic E-state index is -0.149. The van der Waals surface area contributed by atoms with Crippen molar-refractivity contribution in [3.63, 3.8) is 0 Å². The van der Waals surface area contributed by atoms with Crippen LogP contribution in [0.2, 0.25) is 5.02 Å². The fourth-order valence-corrected chi connectivity index (χ4v) is 2.52. The van der Waals surface area contributed by atoms with E-state index in [4.69, 9.17) is 16.3 Å². The van der Waals surface area contributed by atoms with Gasteiger partial charge in [0.25, 0.3) is 5.56 Å². The van der Waals surface area contributed by atoms with Crippen LogP contribution in [0.4, 0.5) is 11.5 Å². The quantitative estimate of drug-likeness (QED) is 0.718. The summed E-state index contributed by atoms with van der Waals surface area (Å²) in [5, 5.41) is 3.72. The molecule has 0 aliphatic rings. The zero-order chi connectivity index (χ0) is 17.6. The summed E-state index contributed by atoms with van der Waals surface area (Å²) < 4.78 is 7.34. The third-order valence-corrected chi connectivity index (χ3v) is 4.09. The van der Waals surface area contributed by atoms with E-state index in [9.17, 15) is 4.79 Å². The molecule has 0 spiro atoms. The van der Waals surface area contributed by atoms with Crippen molar-refractivity contribution in [1.82, 2.24) is 9.55 Å². The third kappa shape index (κ3) is 4.19. The smallest absolute Gasteiger partial charge is 0.293 e. The van der Waals surface area contributed by atoms with Gasteiger partial charge in [-0.15, -0.1) is 0 Å². The zero-order valence-electron chi connectivity index (χ0n) is 13.8. The lowest BCUT2D eigenvalue weighted by molar-refractivity contribution is 0.306. The van der Waals surface area contributed by atoms with Gasteiger partial charge in [0.2, 0.25) is 0 Å². The number of benzene rings is 2. The Balaban J connectivity index is 1.67. The van der Waals surface area contributed by atoms with Crippen LogP contribution in [-0.2, 0) is 13.2 Å². The normalized spacial score (nSPS) is 10.5. The monoisotopic (exact) mass is 355 g/mol. The van der Waals surface area contributed by atoms with Crippen LogP contribution in [0.25, 0.3) is 0 Å². The average molecular weight is 356 g/mol. The predicted octanol–water partition coefficient (Wildman–Crippen LogP) is 4.24. The Morgan fingerprint density at radius 3 is 2.64 bits per heavy atom. The van der Waals surface area contributed by atoms with Crippen molar-refractivity contribution >= 4 is 23.1 Å². The number of halogens is 1. The Morgan fingerprint density at radius 1 is 1.16 bits per heavy atom. The molecular formula is C19H18ClN3O2. The highest BCUT2D eigenvalue weighted by molar-refractivity contribution is 6.31. The van der Waals surface area contributed by atoms with Gasteiger partial charge in [-0.1, -0.05) is 29.8 Å². The van der Waals surface area contributed by atoms with Crippen molar-refractivity contribution in [3.05, 3.63) is 81.9 Å². The molecule has 0 atom stereocenters. The van der Waals surface area contributed by atoms with Crippen molar-refractivity contribution in [3.8, 4) is 5.75 Å². The fraction of sp³-hybridized carbons (Fsp3) is 0.158. The number of aryl methyl sites for hydroxylation is 1. The second kappa shape index (κ2) is 7.85. The highest BCUT2D eigenvalue weighted by Crippen LogP contribution is 2.21. The molecule has 6 heteroatoms. The summed E-state index contributed by atoms with van der Waals surface area (Å²) in [5.74, 6) is 1.02. The van der Waals surface area contributed by atoms with Crippen molar-refractivity contribution in [2.75, 3.05) is 5.32 Å². The van der Waals surface area contributed by atoms with Gasteiger partial charge in [0, 0.05) is 35.2 Å². The SMILES string of the molecule is CCn1ccnc(Nc2ccc(OCc3ccccc3Cl)cc2)c1=O. The van der Waals surface area contributed by atoms with Crippen LogP contribution in [0, 0.1) is 0 Å². The molecule has 3 aromatic rings. The molecule has 1 N–H and O–H groups in total. The summed E-state index contributed by atoms with van der Waals surface area (Å²) in [4.78, 5) is 16.3. The Labute approximate surface area is 150 Å². The molecule has 128 valence electrons. The van der Waals surface area contributed by atoms with Gasteiger partial charge in [-0.2, -0.15) is 0 Å². The first-order chi connectivity index (χ1) is 12.2. The number of hydrogen-bond donors (Lipinski definition) is 1. The summed E-state index contributed by atoms with van der Waals surface area (Å²) in [6.45, 7) is 2.91. The summed E-state index contributed by atoms with van der Waals surface area (Å²) in [6.07, 6.45) is 3.27. The van der Waals surface area contributed by atoms with Crippen molar-refractivity contribution in [1.29, 1.82) is 0 Å². The van der Waals surface area contributed by atoms with Crippen LogP contribution in [0.3, 0.4) is 0 Å². The molecule has 5 nitrogen and oxygen atoms in total. The van der Waals surface area contributed by atoms with Crippen LogP contribution in [0.5, 0.6) is 5.75 Å². The number of ether oxygens (including phenoxy) is 1. The van der Waals surface area contributed by atoms with E-state index in [1.165, 1.54) is 0 Å². The molecule has 0 aliphatic heterocycles. The average Bonchev–Trinajstić information content (AvgIpc) is 2.64. The van der Waals surface area contributed by atoms with Gasteiger partial charge in [0.1, 0.15) is 12.4 Å². The first kappa shape index (κ1) is 17.0. The first-order valence-electron chi connectivity index (χ1n) is 7.96. The highest BCUT2D eigenvalue weighted by Gasteiger charge is 2.05.